The first-order chi connectivity index (χ1) is 15.1. The predicted molar refractivity (Wildman–Crippen MR) is 120 cm³/mol. The zero-order valence-electron chi connectivity index (χ0n) is 17.9. The molecule has 5 rings (SSSR count). The fraction of sp³-hybridized carbons (Fsp3) is 0.333. The van der Waals surface area contributed by atoms with Crippen molar-refractivity contribution in [3.05, 3.63) is 59.5 Å². The maximum atomic E-state index is 13.0. The predicted octanol–water partition coefficient (Wildman–Crippen LogP) is 4.11. The topological polar surface area (TPSA) is 68.6 Å². The number of nitrogens with zero attached hydrogens (tertiary/aromatic N) is 3. The summed E-state index contributed by atoms with van der Waals surface area (Å²) >= 11 is 0. The number of ether oxygens (including phenoxy) is 2. The zero-order chi connectivity index (χ0) is 21.4. The molecule has 4 heterocycles. The van der Waals surface area contributed by atoms with Crippen molar-refractivity contribution in [1.29, 1.82) is 0 Å². The van der Waals surface area contributed by atoms with Crippen molar-refractivity contribution in [1.82, 2.24) is 9.55 Å². The van der Waals surface area contributed by atoms with Gasteiger partial charge < -0.3 is 24.3 Å². The van der Waals surface area contributed by atoms with Crippen molar-refractivity contribution in [3.63, 3.8) is 0 Å². The number of benzene rings is 1. The van der Waals surface area contributed by atoms with Crippen molar-refractivity contribution in [2.75, 3.05) is 36.5 Å². The number of carbonyl (C=O) groups is 1. The van der Waals surface area contributed by atoms with Gasteiger partial charge in [0.2, 0.25) is 0 Å². The van der Waals surface area contributed by atoms with Crippen LogP contribution < -0.4 is 19.7 Å². The normalized spacial score (nSPS) is 15.2. The first kappa shape index (κ1) is 19.5. The lowest BCUT2D eigenvalue weighted by molar-refractivity contribution is 0.102. The molecule has 7 heteroatoms. The molecule has 0 spiro atoms. The van der Waals surface area contributed by atoms with Gasteiger partial charge in [-0.3, -0.25) is 4.79 Å². The molecule has 160 valence electrons. The molecule has 1 N–H and O–H groups in total. The van der Waals surface area contributed by atoms with E-state index in [0.717, 1.165) is 47.5 Å². The molecule has 2 aliphatic rings. The number of amides is 1. The van der Waals surface area contributed by atoms with E-state index in [1.54, 1.807) is 6.20 Å². The number of aromatic nitrogens is 2. The minimum atomic E-state index is -0.146. The lowest BCUT2D eigenvalue weighted by atomic mass is 10.2. The molecule has 1 aromatic carbocycles. The van der Waals surface area contributed by atoms with Crippen molar-refractivity contribution < 1.29 is 14.3 Å². The molecule has 0 bridgehead atoms. The number of pyridine rings is 1. The molecule has 0 unspecified atom stereocenters. The van der Waals surface area contributed by atoms with Crippen LogP contribution in [0.3, 0.4) is 0 Å². The lowest BCUT2D eigenvalue weighted by Crippen LogP contribution is -2.19. The Bertz CT molecular complexity index is 1110. The van der Waals surface area contributed by atoms with Gasteiger partial charge in [-0.15, -0.1) is 0 Å². The second-order valence-electron chi connectivity index (χ2n) is 8.00. The van der Waals surface area contributed by atoms with Crippen LogP contribution in [0.25, 0.3) is 5.69 Å². The molecule has 1 fully saturated rings. The Balaban J connectivity index is 1.37. The third-order valence-corrected chi connectivity index (χ3v) is 5.90. The zero-order valence-corrected chi connectivity index (χ0v) is 17.9. The molecule has 3 aromatic rings. The third kappa shape index (κ3) is 3.71. The second kappa shape index (κ2) is 7.98. The average molecular weight is 418 g/mol. The molecule has 0 saturated carbocycles. The fourth-order valence-electron chi connectivity index (χ4n) is 4.35. The Morgan fingerprint density at radius 2 is 1.77 bits per heavy atom. The van der Waals surface area contributed by atoms with Crippen LogP contribution in [0.4, 0.5) is 11.5 Å². The number of carbonyl (C=O) groups excluding carboxylic acids is 1. The van der Waals surface area contributed by atoms with Gasteiger partial charge in [0.05, 0.1) is 17.4 Å². The number of hydrogen-bond acceptors (Lipinski definition) is 5. The maximum absolute atomic E-state index is 13.0. The van der Waals surface area contributed by atoms with Crippen LogP contribution in [0.1, 0.15) is 34.6 Å². The highest BCUT2D eigenvalue weighted by molar-refractivity contribution is 6.05. The highest BCUT2D eigenvalue weighted by Crippen LogP contribution is 2.33. The molecule has 0 radical (unpaired) electrons. The first-order valence-corrected chi connectivity index (χ1v) is 10.7. The summed E-state index contributed by atoms with van der Waals surface area (Å²) in [5, 5.41) is 2.98. The maximum Gasteiger partial charge on any atom is 0.257 e. The molecule has 1 saturated heterocycles. The van der Waals surface area contributed by atoms with Crippen LogP contribution in [-0.4, -0.2) is 41.8 Å². The van der Waals surface area contributed by atoms with Gasteiger partial charge in [-0.2, -0.15) is 0 Å². The number of aryl methyl sites for hydroxylation is 1. The van der Waals surface area contributed by atoms with Crippen molar-refractivity contribution in [2.45, 2.75) is 26.7 Å². The second-order valence-corrected chi connectivity index (χ2v) is 8.00. The Kier molecular flexibility index (Phi) is 5.02. The van der Waals surface area contributed by atoms with Gasteiger partial charge in [-0.25, -0.2) is 4.98 Å². The van der Waals surface area contributed by atoms with Crippen LogP contribution in [0.15, 0.2) is 42.6 Å². The Hall–Kier alpha value is -3.48. The highest BCUT2D eigenvalue weighted by Gasteiger charge is 2.19. The van der Waals surface area contributed by atoms with E-state index in [9.17, 15) is 4.79 Å². The first-order valence-electron chi connectivity index (χ1n) is 10.7. The summed E-state index contributed by atoms with van der Waals surface area (Å²) in [4.78, 5) is 19.8. The summed E-state index contributed by atoms with van der Waals surface area (Å²) < 4.78 is 13.4. The summed E-state index contributed by atoms with van der Waals surface area (Å²) in [5.41, 5.74) is 4.11. The molecular weight excluding hydrogens is 392 g/mol. The summed E-state index contributed by atoms with van der Waals surface area (Å²) in [6, 6.07) is 11.6. The minimum absolute atomic E-state index is 0.146. The monoisotopic (exact) mass is 418 g/mol. The largest absolute Gasteiger partial charge is 0.486 e. The van der Waals surface area contributed by atoms with Gasteiger partial charge in [0.1, 0.15) is 19.0 Å². The SMILES string of the molecule is Cc1cc(C(=O)Nc2ccc(N3CCCC3)nc2)c(C)n1-c1ccc2c(c1)OCCO2. The standard InChI is InChI=1S/C24H26N4O3/c1-16-13-20(17(2)28(16)19-6-7-21-22(14-19)31-12-11-30-21)24(29)26-18-5-8-23(25-15-18)27-9-3-4-10-27/h5-8,13-15H,3-4,9-12H2,1-2H3,(H,26,29). The smallest absolute Gasteiger partial charge is 0.257 e. The number of hydrogen-bond donors (Lipinski definition) is 1. The van der Waals surface area contributed by atoms with Gasteiger partial charge in [0, 0.05) is 36.2 Å². The Morgan fingerprint density at radius 1 is 1.00 bits per heavy atom. The van der Waals surface area contributed by atoms with Gasteiger partial charge in [0.15, 0.2) is 11.5 Å². The van der Waals surface area contributed by atoms with E-state index < -0.39 is 0 Å². The minimum Gasteiger partial charge on any atom is -0.486 e. The highest BCUT2D eigenvalue weighted by atomic mass is 16.6. The molecule has 31 heavy (non-hydrogen) atoms. The van der Waals surface area contributed by atoms with Gasteiger partial charge in [0.25, 0.3) is 5.91 Å². The third-order valence-electron chi connectivity index (χ3n) is 5.90. The van der Waals surface area contributed by atoms with E-state index in [0.29, 0.717) is 24.5 Å². The van der Waals surface area contributed by atoms with Gasteiger partial charge in [-0.05, 0) is 57.0 Å². The number of rotatable bonds is 4. The van der Waals surface area contributed by atoms with Crippen LogP contribution >= 0.6 is 0 Å². The van der Waals surface area contributed by atoms with Crippen molar-refractivity contribution >= 4 is 17.4 Å². The van der Waals surface area contributed by atoms with Gasteiger partial charge >= 0.3 is 0 Å². The summed E-state index contributed by atoms with van der Waals surface area (Å²) in [7, 11) is 0. The summed E-state index contributed by atoms with van der Waals surface area (Å²) in [6.07, 6.45) is 4.14. The quantitative estimate of drug-likeness (QED) is 0.691. The number of anilines is 2. The van der Waals surface area contributed by atoms with E-state index in [4.69, 9.17) is 9.47 Å². The molecule has 1 amide bonds. The summed E-state index contributed by atoms with van der Waals surface area (Å²) in [6.45, 7) is 7.14. The van der Waals surface area contributed by atoms with Crippen LogP contribution in [0, 0.1) is 13.8 Å². The molecule has 2 aliphatic heterocycles. The fourth-order valence-corrected chi connectivity index (χ4v) is 4.35. The van der Waals surface area contributed by atoms with E-state index in [-0.39, 0.29) is 5.91 Å². The van der Waals surface area contributed by atoms with E-state index in [1.165, 1.54) is 12.8 Å². The van der Waals surface area contributed by atoms with Crippen molar-refractivity contribution in [2.24, 2.45) is 0 Å². The molecule has 7 nitrogen and oxygen atoms in total. The van der Waals surface area contributed by atoms with Crippen molar-refractivity contribution in [3.8, 4) is 17.2 Å². The molecular formula is C24H26N4O3. The summed E-state index contributed by atoms with van der Waals surface area (Å²) in [5.74, 6) is 2.30. The van der Waals surface area contributed by atoms with E-state index in [1.807, 2.05) is 50.2 Å². The molecule has 0 aliphatic carbocycles. The molecule has 0 atom stereocenters. The van der Waals surface area contributed by atoms with Crippen LogP contribution in [-0.2, 0) is 0 Å². The van der Waals surface area contributed by atoms with Gasteiger partial charge in [-0.1, -0.05) is 0 Å². The van der Waals surface area contributed by atoms with Crippen LogP contribution in [0.2, 0.25) is 0 Å². The average Bonchev–Trinajstić information content (AvgIpc) is 3.42. The Labute approximate surface area is 181 Å². The van der Waals surface area contributed by atoms with E-state index >= 15 is 0 Å². The van der Waals surface area contributed by atoms with Crippen LogP contribution in [0.5, 0.6) is 11.5 Å². The number of fused-ring (bicyclic) bond motifs is 1. The number of nitrogens with one attached hydrogen (secondary N) is 1. The lowest BCUT2D eigenvalue weighted by Gasteiger charge is -2.20. The van der Waals surface area contributed by atoms with E-state index in [2.05, 4.69) is 19.8 Å². The molecule has 2 aromatic heterocycles. The Morgan fingerprint density at radius 3 is 2.52 bits per heavy atom.